The van der Waals surface area contributed by atoms with Crippen molar-refractivity contribution in [1.82, 2.24) is 24.1 Å². The molecule has 0 radical (unpaired) electrons. The number of nitrogens with zero attached hydrogens (tertiary/aromatic N) is 6. The first-order valence-corrected chi connectivity index (χ1v) is 17.8. The molecule has 2 unspecified atom stereocenters. The predicted octanol–water partition coefficient (Wildman–Crippen LogP) is 0.0311. The summed E-state index contributed by atoms with van der Waals surface area (Å²) >= 11 is 10.0. The zero-order valence-corrected chi connectivity index (χ0v) is 25.8. The number of amides is 1. The molecule has 3 saturated heterocycles. The summed E-state index contributed by atoms with van der Waals surface area (Å²) in [6, 6.07) is 0. The molecule has 3 aromatic heterocycles. The summed E-state index contributed by atoms with van der Waals surface area (Å²) < 4.78 is 79.0. The molecule has 5 N–H and O–H groups in total. The second kappa shape index (κ2) is 12.0. The van der Waals surface area contributed by atoms with Crippen molar-refractivity contribution in [3.05, 3.63) is 30.2 Å². The normalized spacial score (nSPS) is 37.4. The van der Waals surface area contributed by atoms with Gasteiger partial charge in [0.05, 0.1) is 19.5 Å². The topological polar surface area (TPSA) is 246 Å². The lowest BCUT2D eigenvalue weighted by Gasteiger charge is -2.35. The quantitative estimate of drug-likeness (QED) is 0.184. The third-order valence-electron chi connectivity index (χ3n) is 7.17. The number of aliphatic imine (C=N–C) groups is 1. The van der Waals surface area contributed by atoms with E-state index in [1.165, 1.54) is 10.9 Å². The number of aliphatic hydroxyl groups is 1. The molecule has 6 heterocycles. The average molecular weight is 711 g/mol. The van der Waals surface area contributed by atoms with Crippen LogP contribution in [0.5, 0.6) is 0 Å². The van der Waals surface area contributed by atoms with E-state index in [0.717, 1.165) is 17.1 Å². The van der Waals surface area contributed by atoms with Crippen LogP contribution >= 0.6 is 13.5 Å². The van der Waals surface area contributed by atoms with Crippen molar-refractivity contribution in [3.8, 4) is 0 Å². The Labute approximate surface area is 261 Å². The fraction of sp³-hybridized carbons (Fsp3) is 0.476. The highest BCUT2D eigenvalue weighted by molar-refractivity contribution is 8.32. The molecule has 0 aliphatic carbocycles. The zero-order valence-electron chi connectivity index (χ0n) is 22.4. The van der Waals surface area contributed by atoms with Crippen LogP contribution in [0.25, 0.3) is 11.2 Å². The van der Waals surface area contributed by atoms with Crippen molar-refractivity contribution >= 4 is 73.0 Å². The van der Waals surface area contributed by atoms with Crippen LogP contribution in [0.1, 0.15) is 22.8 Å². The van der Waals surface area contributed by atoms with Gasteiger partial charge in [0.25, 0.3) is 5.91 Å². The second-order valence-electron chi connectivity index (χ2n) is 9.88. The van der Waals surface area contributed by atoms with E-state index in [2.05, 4.69) is 26.7 Å². The lowest BCUT2D eigenvalue weighted by atomic mass is 10.1. The van der Waals surface area contributed by atoms with Gasteiger partial charge < -0.3 is 65.9 Å². The number of aliphatic hydroxyl groups excluding tert-OH is 1. The first kappa shape index (κ1) is 32.5. The molecule has 6 rings (SSSR count). The van der Waals surface area contributed by atoms with Gasteiger partial charge in [-0.05, 0) is 6.72 Å². The molecular formula is C21H22F2N8O10P2S2-2. The number of halogens is 2. The van der Waals surface area contributed by atoms with E-state index >= 15 is 4.39 Å². The van der Waals surface area contributed by atoms with Crippen LogP contribution in [-0.4, -0.2) is 91.7 Å². The highest BCUT2D eigenvalue weighted by Crippen LogP contribution is 2.54. The number of rotatable bonds is 4. The van der Waals surface area contributed by atoms with E-state index < -0.39 is 99.0 Å². The Hall–Kier alpha value is -2.46. The van der Waals surface area contributed by atoms with Gasteiger partial charge >= 0.3 is 0 Å². The van der Waals surface area contributed by atoms with Crippen LogP contribution in [0, 0.1) is 5.82 Å². The van der Waals surface area contributed by atoms with Gasteiger partial charge in [0.1, 0.15) is 60.5 Å². The van der Waals surface area contributed by atoms with Gasteiger partial charge in [-0.2, -0.15) is 0 Å². The molecule has 10 atom stereocenters. The Kier molecular flexibility index (Phi) is 8.64. The highest BCUT2D eigenvalue weighted by Gasteiger charge is 2.52. The maximum atomic E-state index is 16.0. The maximum Gasteiger partial charge on any atom is 0.255 e. The van der Waals surface area contributed by atoms with Crippen molar-refractivity contribution in [2.45, 2.75) is 49.1 Å². The van der Waals surface area contributed by atoms with E-state index in [1.54, 1.807) is 0 Å². The molecule has 244 valence electrons. The van der Waals surface area contributed by atoms with Crippen LogP contribution in [0.4, 0.5) is 20.4 Å². The molecule has 3 aliphatic rings. The predicted molar refractivity (Wildman–Crippen MR) is 151 cm³/mol. The molecule has 1 amide bonds. The van der Waals surface area contributed by atoms with Gasteiger partial charge in [-0.3, -0.25) is 13.9 Å². The SMILES string of the molecule is C=Nc1c(C(N)=O)c(F)cn1[C@@H]1O[C@@H]2COP(=O)([S-])O[C@H]3[C@@H](F)[C@H](n4cnc5c(N)ncnc54)O[C@@H]3COP([O-])(=S)O[C@@H]1[C@@H]2O. The van der Waals surface area contributed by atoms with E-state index in [9.17, 15) is 23.7 Å². The Morgan fingerprint density at radius 2 is 1.89 bits per heavy atom. The number of alkyl halides is 1. The monoisotopic (exact) mass is 710 g/mol. The summed E-state index contributed by atoms with van der Waals surface area (Å²) in [5.41, 5.74) is 10.7. The number of hydrogen-bond acceptors (Lipinski definition) is 17. The van der Waals surface area contributed by atoms with Crippen molar-refractivity contribution < 1.29 is 55.7 Å². The summed E-state index contributed by atoms with van der Waals surface area (Å²) in [5.74, 6) is -2.70. The lowest BCUT2D eigenvalue weighted by molar-refractivity contribution is -0.218. The van der Waals surface area contributed by atoms with Crippen LogP contribution in [0.3, 0.4) is 0 Å². The fourth-order valence-electron chi connectivity index (χ4n) is 5.18. The molecule has 45 heavy (non-hydrogen) atoms. The smallest absolute Gasteiger partial charge is 0.255 e. The zero-order chi connectivity index (χ0) is 32.4. The Bertz CT molecular complexity index is 1770. The van der Waals surface area contributed by atoms with Gasteiger partial charge in [-0.25, -0.2) is 28.7 Å². The van der Waals surface area contributed by atoms with E-state index in [1.807, 2.05) is 0 Å². The first-order chi connectivity index (χ1) is 21.2. The summed E-state index contributed by atoms with van der Waals surface area (Å²) in [6.07, 6.45) is -10.2. The third-order valence-corrected chi connectivity index (χ3v) is 10.2. The van der Waals surface area contributed by atoms with E-state index in [-0.39, 0.29) is 17.0 Å². The van der Waals surface area contributed by atoms with Gasteiger partial charge in [0.15, 0.2) is 42.7 Å². The number of ether oxygens (including phenoxy) is 2. The Balaban J connectivity index is 1.32. The molecule has 3 fully saturated rings. The summed E-state index contributed by atoms with van der Waals surface area (Å²) in [4.78, 5) is 40.8. The lowest BCUT2D eigenvalue weighted by Crippen LogP contribution is -2.36. The number of aromatic nitrogens is 5. The number of nitrogens with two attached hydrogens (primary N) is 2. The first-order valence-electron chi connectivity index (χ1n) is 12.7. The minimum absolute atomic E-state index is 0.0174. The number of imidazole rings is 1. The molecule has 24 heteroatoms. The number of hydrogen-bond donors (Lipinski definition) is 3. The van der Waals surface area contributed by atoms with Crippen LogP contribution in [0.2, 0.25) is 0 Å². The van der Waals surface area contributed by atoms with Crippen LogP contribution < -0.4 is 16.4 Å². The minimum Gasteiger partial charge on any atom is -0.780 e. The van der Waals surface area contributed by atoms with Crippen molar-refractivity contribution in [2.75, 3.05) is 18.9 Å². The Morgan fingerprint density at radius 3 is 2.60 bits per heavy atom. The molecule has 18 nitrogen and oxygen atoms in total. The summed E-state index contributed by atoms with van der Waals surface area (Å²) in [7, 11) is 0. The largest absolute Gasteiger partial charge is 0.780 e. The number of carbonyl (C=O) groups excluding carboxylic acids is 1. The second-order valence-corrected chi connectivity index (χ2v) is 15.3. The molecular weight excluding hydrogens is 688 g/mol. The molecule has 3 aliphatic heterocycles. The number of primary amides is 1. The third kappa shape index (κ3) is 5.94. The van der Waals surface area contributed by atoms with E-state index in [4.69, 9.17) is 63.1 Å². The average Bonchev–Trinajstić information content (AvgIpc) is 3.70. The van der Waals surface area contributed by atoms with E-state index in [0.29, 0.717) is 0 Å². The number of anilines is 1. The summed E-state index contributed by atoms with van der Waals surface area (Å²) in [6.45, 7) is -7.41. The number of carbonyl (C=O) groups is 1. The number of fused-ring (bicyclic) bond motifs is 4. The van der Waals surface area contributed by atoms with Gasteiger partial charge in [-0.1, -0.05) is 11.8 Å². The minimum atomic E-state index is -4.62. The highest BCUT2D eigenvalue weighted by atomic mass is 32.7. The fourth-order valence-corrected chi connectivity index (χ4v) is 8.00. The molecule has 0 aromatic carbocycles. The van der Waals surface area contributed by atoms with Gasteiger partial charge in [-0.15, -0.1) is 0 Å². The van der Waals surface area contributed by atoms with Gasteiger partial charge in [0, 0.05) is 6.20 Å². The maximum absolute atomic E-state index is 16.0. The van der Waals surface area contributed by atoms with Crippen molar-refractivity contribution in [1.29, 1.82) is 0 Å². The number of nitrogen functional groups attached to an aromatic ring is 1. The Morgan fingerprint density at radius 1 is 1.18 bits per heavy atom. The van der Waals surface area contributed by atoms with Crippen LogP contribution in [0.15, 0.2) is 23.8 Å². The molecule has 3 aromatic rings. The summed E-state index contributed by atoms with van der Waals surface area (Å²) in [5, 5.41) is 11.0. The standard InChI is InChI=1S/C21H24F2N8O10P2S2/c1-26-18-10(17(25)33)7(22)2-30(18)21-15-13(32)8(38-21)3-36-42(34,44)40-14-9(4-37-43(35,45)41-15)39-20(11(14)23)31-6-29-12-16(24)27-5-28-19(12)31/h2,5-6,8-9,11,13-15,20-21,32H,1,3-4H2,(H2,25,33)(H,34,44)(H,35,45)(H2,24,27,28)/p-2/t8-,9-,11-,13-,14-,15-,20-,21-,42?,43?/m1/s1. The van der Waals surface area contributed by atoms with Crippen LogP contribution in [-0.2, 0) is 56.2 Å². The van der Waals surface area contributed by atoms with Gasteiger partial charge in [0.2, 0.25) is 0 Å². The molecule has 0 spiro atoms. The van der Waals surface area contributed by atoms with Crippen molar-refractivity contribution in [3.63, 3.8) is 0 Å². The molecule has 2 bridgehead atoms. The van der Waals surface area contributed by atoms with Crippen molar-refractivity contribution in [2.24, 2.45) is 10.7 Å². The molecule has 0 saturated carbocycles.